The molecule has 0 aliphatic carbocycles. The number of hydrogen-bond donors (Lipinski definition) is 1. The third-order valence-electron chi connectivity index (χ3n) is 5.14. The number of rotatable bonds is 4. The van der Waals surface area contributed by atoms with Gasteiger partial charge in [-0.05, 0) is 26.7 Å². The van der Waals surface area contributed by atoms with Crippen LogP contribution < -0.4 is 4.90 Å². The maximum absolute atomic E-state index is 12.6. The van der Waals surface area contributed by atoms with Gasteiger partial charge in [-0.25, -0.2) is 14.8 Å². The number of H-pyrrole nitrogens is 1. The Balaban J connectivity index is 1.82. The molecule has 1 fully saturated rings. The highest BCUT2D eigenvalue weighted by Crippen LogP contribution is 2.36. The molecule has 0 spiro atoms. The molecule has 0 saturated carbocycles. The van der Waals surface area contributed by atoms with E-state index in [9.17, 15) is 4.79 Å². The smallest absolute Gasteiger partial charge is 0.341 e. The van der Waals surface area contributed by atoms with Gasteiger partial charge < -0.3 is 14.6 Å². The molecule has 1 unspecified atom stereocenters. The predicted molar refractivity (Wildman–Crippen MR) is 102 cm³/mol. The molecule has 0 bridgehead atoms. The number of piperidine rings is 1. The molecule has 0 radical (unpaired) electrons. The number of carbonyl (C=O) groups excluding carboxylic acids is 1. The molecule has 0 amide bonds. The first kappa shape index (κ1) is 17.5. The molecule has 1 N–H and O–H groups in total. The van der Waals surface area contributed by atoms with E-state index in [2.05, 4.69) is 25.0 Å². The first-order valence-corrected chi connectivity index (χ1v) is 9.33. The second kappa shape index (κ2) is 7.02. The molecule has 142 valence electrons. The maximum atomic E-state index is 12.6. The lowest BCUT2D eigenvalue weighted by Gasteiger charge is -2.34. The van der Waals surface area contributed by atoms with E-state index < -0.39 is 0 Å². The lowest BCUT2D eigenvalue weighted by Crippen LogP contribution is -2.36. The number of aryl methyl sites for hydroxylation is 2. The molecule has 1 atom stereocenters. The standard InChI is InChI=1S/C19H24N6O2/c1-4-27-19(26)14-10-22-18-15(12(2)23-24(18)3)16(14)25-9-5-6-13(11-25)17-20-7-8-21-17/h7-8,10,13H,4-6,9,11H2,1-3H3,(H,20,21). The number of esters is 1. The largest absolute Gasteiger partial charge is 0.462 e. The fourth-order valence-electron chi connectivity index (χ4n) is 3.98. The summed E-state index contributed by atoms with van der Waals surface area (Å²) in [4.78, 5) is 27.1. The average molecular weight is 368 g/mol. The fourth-order valence-corrected chi connectivity index (χ4v) is 3.98. The summed E-state index contributed by atoms with van der Waals surface area (Å²) in [6.07, 6.45) is 7.35. The summed E-state index contributed by atoms with van der Waals surface area (Å²) in [6.45, 7) is 5.75. The Morgan fingerprint density at radius 1 is 1.41 bits per heavy atom. The molecule has 27 heavy (non-hydrogen) atoms. The van der Waals surface area contributed by atoms with E-state index in [0.717, 1.165) is 54.2 Å². The van der Waals surface area contributed by atoms with E-state index in [4.69, 9.17) is 4.74 Å². The topological polar surface area (TPSA) is 88.9 Å². The molecule has 8 heteroatoms. The molecular formula is C19H24N6O2. The van der Waals surface area contributed by atoms with Crippen LogP contribution in [-0.2, 0) is 11.8 Å². The van der Waals surface area contributed by atoms with Crippen molar-refractivity contribution in [2.24, 2.45) is 7.05 Å². The van der Waals surface area contributed by atoms with Crippen molar-refractivity contribution in [1.29, 1.82) is 0 Å². The van der Waals surface area contributed by atoms with Crippen LogP contribution in [0.3, 0.4) is 0 Å². The van der Waals surface area contributed by atoms with Crippen molar-refractivity contribution < 1.29 is 9.53 Å². The molecule has 4 rings (SSSR count). The van der Waals surface area contributed by atoms with Crippen LogP contribution in [0.2, 0.25) is 0 Å². The van der Waals surface area contributed by atoms with E-state index >= 15 is 0 Å². The third kappa shape index (κ3) is 3.05. The minimum absolute atomic E-state index is 0.295. The number of nitrogens with zero attached hydrogens (tertiary/aromatic N) is 5. The monoisotopic (exact) mass is 368 g/mol. The van der Waals surface area contributed by atoms with Crippen molar-refractivity contribution in [2.45, 2.75) is 32.6 Å². The summed E-state index contributed by atoms with van der Waals surface area (Å²) in [7, 11) is 1.87. The van der Waals surface area contributed by atoms with Gasteiger partial charge in [-0.15, -0.1) is 0 Å². The number of pyridine rings is 1. The number of hydrogen-bond acceptors (Lipinski definition) is 6. The molecule has 1 saturated heterocycles. The number of fused-ring (bicyclic) bond motifs is 1. The van der Waals surface area contributed by atoms with Gasteiger partial charge in [-0.1, -0.05) is 0 Å². The lowest BCUT2D eigenvalue weighted by atomic mass is 9.95. The van der Waals surface area contributed by atoms with E-state index in [0.29, 0.717) is 18.1 Å². The fraction of sp³-hybridized carbons (Fsp3) is 0.474. The second-order valence-corrected chi connectivity index (χ2v) is 6.91. The molecule has 8 nitrogen and oxygen atoms in total. The number of nitrogens with one attached hydrogen (secondary N) is 1. The molecule has 3 aromatic heterocycles. The van der Waals surface area contributed by atoms with Crippen LogP contribution >= 0.6 is 0 Å². The van der Waals surface area contributed by atoms with Gasteiger partial charge in [0.15, 0.2) is 5.65 Å². The molecule has 1 aliphatic heterocycles. The van der Waals surface area contributed by atoms with Crippen molar-refractivity contribution in [2.75, 3.05) is 24.6 Å². The Morgan fingerprint density at radius 3 is 3.00 bits per heavy atom. The Kier molecular flexibility index (Phi) is 4.55. The van der Waals surface area contributed by atoms with E-state index in [-0.39, 0.29) is 5.97 Å². The van der Waals surface area contributed by atoms with Gasteiger partial charge in [0.1, 0.15) is 11.4 Å². The minimum atomic E-state index is -0.342. The third-order valence-corrected chi connectivity index (χ3v) is 5.14. The van der Waals surface area contributed by atoms with Crippen LogP contribution in [0.1, 0.15) is 47.6 Å². The average Bonchev–Trinajstić information content (AvgIpc) is 3.30. The van der Waals surface area contributed by atoms with Gasteiger partial charge >= 0.3 is 5.97 Å². The second-order valence-electron chi connectivity index (χ2n) is 6.91. The Hall–Kier alpha value is -2.90. The van der Waals surface area contributed by atoms with Crippen LogP contribution in [0, 0.1) is 6.92 Å². The number of aromatic nitrogens is 5. The zero-order valence-corrected chi connectivity index (χ0v) is 15.9. The maximum Gasteiger partial charge on any atom is 0.341 e. The van der Waals surface area contributed by atoms with Gasteiger partial charge in [-0.3, -0.25) is 4.68 Å². The van der Waals surface area contributed by atoms with E-state index in [1.54, 1.807) is 17.1 Å². The van der Waals surface area contributed by atoms with Crippen LogP contribution in [0.4, 0.5) is 5.69 Å². The first-order chi connectivity index (χ1) is 13.1. The van der Waals surface area contributed by atoms with Crippen LogP contribution in [0.15, 0.2) is 18.6 Å². The summed E-state index contributed by atoms with van der Waals surface area (Å²) in [5.41, 5.74) is 3.01. The number of anilines is 1. The van der Waals surface area contributed by atoms with Crippen molar-refractivity contribution >= 4 is 22.7 Å². The highest BCUT2D eigenvalue weighted by Gasteiger charge is 2.29. The quantitative estimate of drug-likeness (QED) is 0.712. The number of aromatic amines is 1. The van der Waals surface area contributed by atoms with Gasteiger partial charge in [0.05, 0.1) is 23.4 Å². The number of imidazole rings is 1. The zero-order chi connectivity index (χ0) is 19.0. The summed E-state index contributed by atoms with van der Waals surface area (Å²) in [5, 5.41) is 5.44. The zero-order valence-electron chi connectivity index (χ0n) is 15.9. The van der Waals surface area contributed by atoms with Crippen LogP contribution in [0.5, 0.6) is 0 Å². The Morgan fingerprint density at radius 2 is 2.26 bits per heavy atom. The molecule has 4 heterocycles. The van der Waals surface area contributed by atoms with Gasteiger partial charge in [0.25, 0.3) is 0 Å². The predicted octanol–water partition coefficient (Wildman–Crippen LogP) is 2.56. The Labute approximate surface area is 157 Å². The SMILES string of the molecule is CCOC(=O)c1cnc2c(c(C)nn2C)c1N1CCCC(c2ncc[nH]2)C1. The number of ether oxygens (including phenoxy) is 1. The summed E-state index contributed by atoms with van der Waals surface area (Å²) < 4.78 is 7.06. The summed E-state index contributed by atoms with van der Waals surface area (Å²) in [6, 6.07) is 0. The first-order valence-electron chi connectivity index (χ1n) is 9.33. The van der Waals surface area contributed by atoms with Gasteiger partial charge in [-0.2, -0.15) is 5.10 Å². The molecular weight excluding hydrogens is 344 g/mol. The van der Waals surface area contributed by atoms with Crippen molar-refractivity contribution in [3.8, 4) is 0 Å². The van der Waals surface area contributed by atoms with E-state index in [1.807, 2.05) is 27.1 Å². The highest BCUT2D eigenvalue weighted by molar-refractivity contribution is 6.05. The van der Waals surface area contributed by atoms with Crippen LogP contribution in [0.25, 0.3) is 11.0 Å². The lowest BCUT2D eigenvalue weighted by molar-refractivity contribution is 0.0526. The normalized spacial score (nSPS) is 17.4. The minimum Gasteiger partial charge on any atom is -0.462 e. The van der Waals surface area contributed by atoms with Crippen molar-refractivity contribution in [3.05, 3.63) is 35.7 Å². The summed E-state index contributed by atoms with van der Waals surface area (Å²) in [5.74, 6) is 0.944. The number of carbonyl (C=O) groups is 1. The molecule has 1 aliphatic rings. The van der Waals surface area contributed by atoms with Crippen LogP contribution in [-0.4, -0.2) is 50.4 Å². The van der Waals surface area contributed by atoms with Gasteiger partial charge in [0.2, 0.25) is 0 Å². The Bertz CT molecular complexity index is 962. The molecule has 3 aromatic rings. The van der Waals surface area contributed by atoms with Crippen molar-refractivity contribution in [3.63, 3.8) is 0 Å². The van der Waals surface area contributed by atoms with Crippen molar-refractivity contribution in [1.82, 2.24) is 24.7 Å². The van der Waals surface area contributed by atoms with Gasteiger partial charge in [0, 0.05) is 44.6 Å². The summed E-state index contributed by atoms with van der Waals surface area (Å²) >= 11 is 0. The van der Waals surface area contributed by atoms with E-state index in [1.165, 1.54) is 0 Å². The highest BCUT2D eigenvalue weighted by atomic mass is 16.5. The molecule has 0 aromatic carbocycles.